The van der Waals surface area contributed by atoms with Crippen molar-refractivity contribution in [3.63, 3.8) is 0 Å². The molecule has 9 heavy (non-hydrogen) atoms. The highest BCUT2D eigenvalue weighted by atomic mass is 14.1. The summed E-state index contributed by atoms with van der Waals surface area (Å²) in [7, 11) is 0. The van der Waals surface area contributed by atoms with Crippen LogP contribution in [0.5, 0.6) is 0 Å². The van der Waals surface area contributed by atoms with Gasteiger partial charge in [-0.3, -0.25) is 0 Å². The molecule has 0 aliphatic heterocycles. The second-order valence-electron chi connectivity index (χ2n) is 2.37. The van der Waals surface area contributed by atoms with Crippen molar-refractivity contribution >= 4 is 0 Å². The van der Waals surface area contributed by atoms with Crippen LogP contribution in [0.4, 0.5) is 0 Å². The van der Waals surface area contributed by atoms with Crippen LogP contribution in [0.25, 0.3) is 0 Å². The lowest BCUT2D eigenvalue weighted by atomic mass is 10.2. The minimum Gasteiger partial charge on any atom is -0.0874 e. The average molecular weight is 120 g/mol. The van der Waals surface area contributed by atoms with E-state index >= 15 is 0 Å². The van der Waals surface area contributed by atoms with Crippen molar-refractivity contribution in [1.82, 2.24) is 0 Å². The molecule has 0 aromatic heterocycles. The van der Waals surface area contributed by atoms with Crippen LogP contribution in [0.3, 0.4) is 0 Å². The number of allylic oxidation sites excluding steroid dienone is 6. The molecule has 0 atom stereocenters. The standard InChI is InChI=1S/C9H12/c1-3-4-8(2)7-9-5-6-9/h3-5,7H,6H2,1-2H3/b4-3-,8-7-. The molecule has 0 heterocycles. The third-order valence-electron chi connectivity index (χ3n) is 1.28. The molecule has 0 amide bonds. The van der Waals surface area contributed by atoms with Crippen LogP contribution in [0.2, 0.25) is 0 Å². The van der Waals surface area contributed by atoms with Crippen LogP contribution >= 0.6 is 0 Å². The molecule has 1 aliphatic rings. The zero-order valence-corrected chi connectivity index (χ0v) is 6.02. The maximum absolute atomic E-state index is 2.23. The van der Waals surface area contributed by atoms with Gasteiger partial charge >= 0.3 is 0 Å². The van der Waals surface area contributed by atoms with Crippen LogP contribution in [0, 0.1) is 0 Å². The molecule has 0 spiro atoms. The Bertz CT molecular complexity index is 180. The third kappa shape index (κ3) is 2.31. The van der Waals surface area contributed by atoms with Crippen molar-refractivity contribution < 1.29 is 0 Å². The Morgan fingerprint density at radius 3 is 2.78 bits per heavy atom. The maximum Gasteiger partial charge on any atom is -0.00945 e. The van der Waals surface area contributed by atoms with E-state index in [1.54, 1.807) is 0 Å². The summed E-state index contributed by atoms with van der Waals surface area (Å²) in [5, 5.41) is 0. The Morgan fingerprint density at radius 2 is 2.33 bits per heavy atom. The summed E-state index contributed by atoms with van der Waals surface area (Å²) >= 11 is 0. The largest absolute Gasteiger partial charge is 0.0874 e. The number of rotatable bonds is 2. The van der Waals surface area contributed by atoms with Crippen LogP contribution in [0.15, 0.2) is 35.5 Å². The first-order chi connectivity index (χ1) is 4.33. The van der Waals surface area contributed by atoms with E-state index in [1.165, 1.54) is 17.6 Å². The molecule has 0 saturated heterocycles. The Morgan fingerprint density at radius 1 is 1.67 bits per heavy atom. The van der Waals surface area contributed by atoms with Crippen molar-refractivity contribution in [1.29, 1.82) is 0 Å². The summed E-state index contributed by atoms with van der Waals surface area (Å²) in [5.74, 6) is 0. The molecule has 0 aromatic rings. The van der Waals surface area contributed by atoms with Gasteiger partial charge in [0.25, 0.3) is 0 Å². The fourth-order valence-electron chi connectivity index (χ4n) is 0.780. The van der Waals surface area contributed by atoms with Gasteiger partial charge in [0, 0.05) is 0 Å². The molecule has 48 valence electrons. The first-order valence-corrected chi connectivity index (χ1v) is 3.33. The first kappa shape index (κ1) is 6.34. The van der Waals surface area contributed by atoms with Gasteiger partial charge in [0.15, 0.2) is 0 Å². The molecule has 0 bridgehead atoms. The maximum atomic E-state index is 2.23. The SMILES string of the molecule is C/C=C\C(C)=C/C1=CC1. The molecule has 0 unspecified atom stereocenters. The van der Waals surface area contributed by atoms with Gasteiger partial charge in [-0.25, -0.2) is 0 Å². The normalized spacial score (nSPS) is 18.4. The Labute approximate surface area is 56.6 Å². The second kappa shape index (κ2) is 2.67. The lowest BCUT2D eigenvalue weighted by Gasteiger charge is -1.85. The molecule has 0 saturated carbocycles. The summed E-state index contributed by atoms with van der Waals surface area (Å²) in [6.45, 7) is 4.16. The van der Waals surface area contributed by atoms with E-state index < -0.39 is 0 Å². The first-order valence-electron chi connectivity index (χ1n) is 3.33. The quantitative estimate of drug-likeness (QED) is 0.491. The molecule has 0 nitrogen and oxygen atoms in total. The summed E-state index contributed by atoms with van der Waals surface area (Å²) in [6, 6.07) is 0. The summed E-state index contributed by atoms with van der Waals surface area (Å²) in [5.41, 5.74) is 2.83. The minimum absolute atomic E-state index is 1.20. The van der Waals surface area contributed by atoms with E-state index in [-0.39, 0.29) is 0 Å². The van der Waals surface area contributed by atoms with Crippen LogP contribution in [-0.4, -0.2) is 0 Å². The van der Waals surface area contributed by atoms with E-state index in [9.17, 15) is 0 Å². The average Bonchev–Trinajstić information content (AvgIpc) is 2.50. The molecular formula is C9H12. The van der Waals surface area contributed by atoms with Gasteiger partial charge in [0.2, 0.25) is 0 Å². The summed E-state index contributed by atoms with van der Waals surface area (Å²) in [6.07, 6.45) is 9.84. The van der Waals surface area contributed by atoms with Crippen molar-refractivity contribution in [3.05, 3.63) is 35.5 Å². The lowest BCUT2D eigenvalue weighted by molar-refractivity contribution is 1.46. The second-order valence-corrected chi connectivity index (χ2v) is 2.37. The van der Waals surface area contributed by atoms with E-state index in [0.717, 1.165) is 0 Å². The van der Waals surface area contributed by atoms with Gasteiger partial charge in [0.1, 0.15) is 0 Å². The van der Waals surface area contributed by atoms with Gasteiger partial charge in [0.05, 0.1) is 0 Å². The van der Waals surface area contributed by atoms with E-state index in [1.807, 2.05) is 6.92 Å². The highest BCUT2D eigenvalue weighted by molar-refractivity contribution is 5.38. The lowest BCUT2D eigenvalue weighted by Crippen LogP contribution is -1.64. The van der Waals surface area contributed by atoms with E-state index in [0.29, 0.717) is 0 Å². The topological polar surface area (TPSA) is 0 Å². The molecule has 0 N–H and O–H groups in total. The minimum atomic E-state index is 1.20. The van der Waals surface area contributed by atoms with Gasteiger partial charge in [-0.2, -0.15) is 0 Å². The van der Waals surface area contributed by atoms with Gasteiger partial charge in [-0.05, 0) is 25.8 Å². The smallest absolute Gasteiger partial charge is 0.00945 e. The van der Waals surface area contributed by atoms with Crippen molar-refractivity contribution in [2.24, 2.45) is 0 Å². The van der Waals surface area contributed by atoms with Gasteiger partial charge in [-0.1, -0.05) is 29.9 Å². The zero-order valence-electron chi connectivity index (χ0n) is 6.02. The zero-order chi connectivity index (χ0) is 6.69. The van der Waals surface area contributed by atoms with Crippen molar-refractivity contribution in [2.45, 2.75) is 20.3 Å². The van der Waals surface area contributed by atoms with E-state index in [4.69, 9.17) is 0 Å². The van der Waals surface area contributed by atoms with Gasteiger partial charge in [-0.15, -0.1) is 0 Å². The van der Waals surface area contributed by atoms with E-state index in [2.05, 4.69) is 31.2 Å². The molecule has 0 heteroatoms. The Hall–Kier alpha value is -0.780. The highest BCUT2D eigenvalue weighted by Crippen LogP contribution is 2.21. The van der Waals surface area contributed by atoms with Crippen LogP contribution < -0.4 is 0 Å². The van der Waals surface area contributed by atoms with Gasteiger partial charge < -0.3 is 0 Å². The molecule has 1 rings (SSSR count). The predicted octanol–water partition coefficient (Wildman–Crippen LogP) is 2.84. The monoisotopic (exact) mass is 120 g/mol. The third-order valence-corrected chi connectivity index (χ3v) is 1.28. The molecule has 1 aliphatic carbocycles. The van der Waals surface area contributed by atoms with Crippen molar-refractivity contribution in [2.75, 3.05) is 0 Å². The number of hydrogen-bond acceptors (Lipinski definition) is 0. The molecule has 0 fully saturated rings. The summed E-state index contributed by atoms with van der Waals surface area (Å²) < 4.78 is 0. The Balaban J connectivity index is 2.47. The van der Waals surface area contributed by atoms with Crippen molar-refractivity contribution in [3.8, 4) is 0 Å². The number of hydrogen-bond donors (Lipinski definition) is 0. The fourth-order valence-corrected chi connectivity index (χ4v) is 0.780. The van der Waals surface area contributed by atoms with Crippen LogP contribution in [0.1, 0.15) is 20.3 Å². The fraction of sp³-hybridized carbons (Fsp3) is 0.333. The molecular weight excluding hydrogens is 108 g/mol. The summed E-state index contributed by atoms with van der Waals surface area (Å²) in [4.78, 5) is 0. The molecule has 0 aromatic carbocycles. The predicted molar refractivity (Wildman–Crippen MR) is 41.3 cm³/mol. The Kier molecular flexibility index (Phi) is 1.88. The van der Waals surface area contributed by atoms with Crippen LogP contribution in [-0.2, 0) is 0 Å². The highest BCUT2D eigenvalue weighted by Gasteiger charge is 2.01. The molecule has 0 radical (unpaired) electrons.